The van der Waals surface area contributed by atoms with Crippen molar-refractivity contribution in [3.63, 3.8) is 0 Å². The molecule has 8 heavy (non-hydrogen) atoms. The number of hydrogen-bond acceptors (Lipinski definition) is 1. The van der Waals surface area contributed by atoms with Crippen LogP contribution in [0, 0.1) is 5.92 Å². The lowest BCUT2D eigenvalue weighted by atomic mass is 10.0. The highest BCUT2D eigenvalue weighted by Crippen LogP contribution is 2.13. The highest BCUT2D eigenvalue weighted by atomic mass is 35.5. The van der Waals surface area contributed by atoms with Crippen LogP contribution in [0.5, 0.6) is 0 Å². The molecule has 0 rings (SSSR count). The van der Waals surface area contributed by atoms with Crippen LogP contribution in [0.15, 0.2) is 0 Å². The van der Waals surface area contributed by atoms with Gasteiger partial charge in [0.25, 0.3) is 0 Å². The molecule has 0 aliphatic carbocycles. The summed E-state index contributed by atoms with van der Waals surface area (Å²) in [5.74, 6) is 0.497. The van der Waals surface area contributed by atoms with Gasteiger partial charge in [0.15, 0.2) is 0 Å². The number of alkyl halides is 1. The summed E-state index contributed by atoms with van der Waals surface area (Å²) in [7, 11) is 0. The summed E-state index contributed by atoms with van der Waals surface area (Å²) in [6.45, 7) is 4.22. The molecule has 0 heterocycles. The van der Waals surface area contributed by atoms with E-state index >= 15 is 0 Å². The number of rotatable bonds is 3. The van der Waals surface area contributed by atoms with E-state index in [2.05, 4.69) is 13.8 Å². The fourth-order valence-corrected chi connectivity index (χ4v) is 1.10. The maximum atomic E-state index is 5.62. The molecule has 2 heteroatoms. The van der Waals surface area contributed by atoms with E-state index in [4.69, 9.17) is 17.3 Å². The highest BCUT2D eigenvalue weighted by molar-refractivity contribution is 6.20. The van der Waals surface area contributed by atoms with Crippen molar-refractivity contribution in [3.05, 3.63) is 0 Å². The van der Waals surface area contributed by atoms with Gasteiger partial charge < -0.3 is 5.73 Å². The Hall–Kier alpha value is 0.250. The second-order valence-corrected chi connectivity index (χ2v) is 2.52. The van der Waals surface area contributed by atoms with Gasteiger partial charge in [-0.15, -0.1) is 11.6 Å². The first-order valence-corrected chi connectivity index (χ1v) is 3.55. The fraction of sp³-hybridized carbons (Fsp3) is 1.00. The van der Waals surface area contributed by atoms with Gasteiger partial charge >= 0.3 is 0 Å². The summed E-state index contributed by atoms with van der Waals surface area (Å²) >= 11 is 5.62. The Morgan fingerprint density at radius 3 is 1.75 bits per heavy atom. The highest BCUT2D eigenvalue weighted by Gasteiger charge is 2.08. The van der Waals surface area contributed by atoms with Crippen LogP contribution in [0.2, 0.25) is 0 Å². The number of nitrogens with two attached hydrogens (primary N) is 1. The van der Waals surface area contributed by atoms with Crippen molar-refractivity contribution < 1.29 is 0 Å². The van der Waals surface area contributed by atoms with E-state index in [0.29, 0.717) is 5.92 Å². The monoisotopic (exact) mass is 135 g/mol. The summed E-state index contributed by atoms with van der Waals surface area (Å²) in [5, 5.41) is 0. The third-order valence-corrected chi connectivity index (χ3v) is 1.86. The lowest BCUT2D eigenvalue weighted by Gasteiger charge is -2.13. The molecule has 0 spiro atoms. The summed E-state index contributed by atoms with van der Waals surface area (Å²) in [4.78, 5) is 0. The minimum atomic E-state index is -0.148. The Bertz CT molecular complexity index is 50.5. The van der Waals surface area contributed by atoms with Crippen molar-refractivity contribution >= 4 is 11.6 Å². The average molecular weight is 136 g/mol. The van der Waals surface area contributed by atoms with Crippen LogP contribution in [-0.4, -0.2) is 5.50 Å². The van der Waals surface area contributed by atoms with E-state index in [9.17, 15) is 0 Å². The van der Waals surface area contributed by atoms with Crippen LogP contribution in [0.3, 0.4) is 0 Å². The van der Waals surface area contributed by atoms with Gasteiger partial charge in [-0.3, -0.25) is 0 Å². The molecule has 0 fully saturated rings. The first-order chi connectivity index (χ1) is 3.72. The van der Waals surface area contributed by atoms with E-state index in [1.165, 1.54) is 0 Å². The lowest BCUT2D eigenvalue weighted by molar-refractivity contribution is 0.473. The zero-order valence-corrected chi connectivity index (χ0v) is 6.28. The standard InChI is InChI=1S/C6H14ClN/c1-3-5(4-2)6(7)8/h5-6H,3-4,8H2,1-2H3. The first kappa shape index (κ1) is 8.25. The van der Waals surface area contributed by atoms with Crippen molar-refractivity contribution in [3.8, 4) is 0 Å². The van der Waals surface area contributed by atoms with Gasteiger partial charge in [-0.2, -0.15) is 0 Å². The van der Waals surface area contributed by atoms with E-state index in [0.717, 1.165) is 12.8 Å². The second-order valence-electron chi connectivity index (χ2n) is 2.02. The zero-order valence-electron chi connectivity index (χ0n) is 5.52. The molecule has 0 aliphatic rings. The molecule has 0 amide bonds. The summed E-state index contributed by atoms with van der Waals surface area (Å²) in [5.41, 5.74) is 5.27. The van der Waals surface area contributed by atoms with Crippen LogP contribution in [0.25, 0.3) is 0 Å². The van der Waals surface area contributed by atoms with Crippen molar-refractivity contribution in [1.82, 2.24) is 0 Å². The topological polar surface area (TPSA) is 26.0 Å². The van der Waals surface area contributed by atoms with Crippen molar-refractivity contribution in [2.75, 3.05) is 0 Å². The SMILES string of the molecule is CCC(CC)C(N)Cl. The van der Waals surface area contributed by atoms with E-state index in [-0.39, 0.29) is 5.50 Å². The Morgan fingerprint density at radius 1 is 1.38 bits per heavy atom. The van der Waals surface area contributed by atoms with Gasteiger partial charge in [-0.05, 0) is 5.92 Å². The molecule has 1 nitrogen and oxygen atoms in total. The third-order valence-electron chi connectivity index (χ3n) is 1.50. The van der Waals surface area contributed by atoms with Crippen LogP contribution in [0.4, 0.5) is 0 Å². The molecular formula is C6H14ClN. The Kier molecular flexibility index (Phi) is 4.29. The molecule has 0 aliphatic heterocycles. The van der Waals surface area contributed by atoms with Crippen molar-refractivity contribution in [1.29, 1.82) is 0 Å². The van der Waals surface area contributed by atoms with Gasteiger partial charge in [0, 0.05) is 0 Å². The van der Waals surface area contributed by atoms with Crippen LogP contribution < -0.4 is 5.73 Å². The predicted molar refractivity (Wildman–Crippen MR) is 37.9 cm³/mol. The lowest BCUT2D eigenvalue weighted by Crippen LogP contribution is -2.22. The molecular weight excluding hydrogens is 122 g/mol. The summed E-state index contributed by atoms with van der Waals surface area (Å²) in [6.07, 6.45) is 2.17. The molecule has 0 aromatic heterocycles. The maximum absolute atomic E-state index is 5.62. The second kappa shape index (κ2) is 4.16. The van der Waals surface area contributed by atoms with Crippen molar-refractivity contribution in [2.45, 2.75) is 32.2 Å². The molecule has 1 unspecified atom stereocenters. The minimum absolute atomic E-state index is 0.148. The molecule has 0 radical (unpaired) electrons. The molecule has 50 valence electrons. The Morgan fingerprint density at radius 2 is 1.75 bits per heavy atom. The Balaban J connectivity index is 3.35. The summed E-state index contributed by atoms with van der Waals surface area (Å²) < 4.78 is 0. The zero-order chi connectivity index (χ0) is 6.57. The van der Waals surface area contributed by atoms with Crippen molar-refractivity contribution in [2.24, 2.45) is 11.7 Å². The number of hydrogen-bond donors (Lipinski definition) is 1. The van der Waals surface area contributed by atoms with Gasteiger partial charge in [-0.25, -0.2) is 0 Å². The quantitative estimate of drug-likeness (QED) is 0.465. The predicted octanol–water partition coefficient (Wildman–Crippen LogP) is 1.95. The van der Waals surface area contributed by atoms with E-state index < -0.39 is 0 Å². The van der Waals surface area contributed by atoms with Gasteiger partial charge in [0.2, 0.25) is 0 Å². The molecule has 0 saturated heterocycles. The van der Waals surface area contributed by atoms with Gasteiger partial charge in [0.05, 0.1) is 5.50 Å². The molecule has 2 N–H and O–H groups in total. The molecule has 0 aromatic rings. The molecule has 0 aromatic carbocycles. The maximum Gasteiger partial charge on any atom is 0.0828 e. The van der Waals surface area contributed by atoms with Crippen LogP contribution in [0.1, 0.15) is 26.7 Å². The van der Waals surface area contributed by atoms with Crippen LogP contribution in [-0.2, 0) is 0 Å². The number of halogens is 1. The van der Waals surface area contributed by atoms with Gasteiger partial charge in [0.1, 0.15) is 0 Å². The smallest absolute Gasteiger partial charge is 0.0828 e. The molecule has 0 saturated carbocycles. The summed E-state index contributed by atoms with van der Waals surface area (Å²) in [6, 6.07) is 0. The van der Waals surface area contributed by atoms with Crippen LogP contribution >= 0.6 is 11.6 Å². The molecule has 1 atom stereocenters. The average Bonchev–Trinajstić information content (AvgIpc) is 1.69. The largest absolute Gasteiger partial charge is 0.315 e. The normalized spacial score (nSPS) is 14.6. The Labute approximate surface area is 56.2 Å². The minimum Gasteiger partial charge on any atom is -0.315 e. The first-order valence-electron chi connectivity index (χ1n) is 3.12. The van der Waals surface area contributed by atoms with E-state index in [1.54, 1.807) is 0 Å². The van der Waals surface area contributed by atoms with Gasteiger partial charge in [-0.1, -0.05) is 26.7 Å². The molecule has 0 bridgehead atoms. The van der Waals surface area contributed by atoms with E-state index in [1.807, 2.05) is 0 Å². The third kappa shape index (κ3) is 2.53. The fourth-order valence-electron chi connectivity index (χ4n) is 0.739.